The minimum Gasteiger partial charge on any atom is -0.308 e. The summed E-state index contributed by atoms with van der Waals surface area (Å²) >= 11 is 0. The number of hydrogen-bond acceptors (Lipinski definition) is 4. The maximum atomic E-state index is 13.7. The van der Waals surface area contributed by atoms with Crippen molar-refractivity contribution in [1.29, 1.82) is 0 Å². The van der Waals surface area contributed by atoms with Crippen LogP contribution in [0.4, 0.5) is 20.6 Å². The highest BCUT2D eigenvalue weighted by molar-refractivity contribution is 5.99. The number of nitrogens with one attached hydrogen (secondary N) is 2. The Hall–Kier alpha value is -3.00. The van der Waals surface area contributed by atoms with E-state index >= 15 is 0 Å². The van der Waals surface area contributed by atoms with Crippen LogP contribution in [-0.2, 0) is 16.2 Å². The first kappa shape index (κ1) is 17.4. The molecule has 0 unspecified atom stereocenters. The van der Waals surface area contributed by atoms with Crippen LogP contribution in [0.25, 0.3) is 0 Å². The van der Waals surface area contributed by atoms with Gasteiger partial charge in [-0.25, -0.2) is 14.2 Å². The van der Waals surface area contributed by atoms with Crippen molar-refractivity contribution in [3.63, 3.8) is 0 Å². The molecule has 0 aliphatic carbocycles. The second-order valence-corrected chi connectivity index (χ2v) is 4.91. The number of amides is 3. The predicted octanol–water partition coefficient (Wildman–Crippen LogP) is 2.77. The molecule has 0 radical (unpaired) electrons. The Balaban J connectivity index is 2.07. The van der Waals surface area contributed by atoms with Crippen LogP contribution in [0, 0.1) is 5.82 Å². The lowest BCUT2D eigenvalue weighted by atomic mass is 10.2. The van der Waals surface area contributed by atoms with Gasteiger partial charge in [-0.05, 0) is 35.9 Å². The standard InChI is InChI=1S/C16H17FN4O3/c1-11(22)21(24-2)10-12-6-13(17)8-15(7-12)20-16(23)19-14-4-3-5-18-9-14/h3-9H,10H2,1-2H3,(H2,19,20,23). The Morgan fingerprint density at radius 3 is 2.62 bits per heavy atom. The molecule has 2 aromatic rings. The monoisotopic (exact) mass is 332 g/mol. The van der Waals surface area contributed by atoms with Crippen molar-refractivity contribution >= 4 is 23.3 Å². The Morgan fingerprint density at radius 2 is 2.00 bits per heavy atom. The van der Waals surface area contributed by atoms with E-state index in [2.05, 4.69) is 15.6 Å². The fraction of sp³-hybridized carbons (Fsp3) is 0.188. The van der Waals surface area contributed by atoms with Crippen LogP contribution in [0.3, 0.4) is 0 Å². The number of halogens is 1. The van der Waals surface area contributed by atoms with Crippen molar-refractivity contribution in [3.8, 4) is 0 Å². The first-order valence-corrected chi connectivity index (χ1v) is 7.07. The zero-order valence-electron chi connectivity index (χ0n) is 13.2. The van der Waals surface area contributed by atoms with E-state index in [1.807, 2.05) is 0 Å². The summed E-state index contributed by atoms with van der Waals surface area (Å²) in [6.07, 6.45) is 3.07. The van der Waals surface area contributed by atoms with Gasteiger partial charge in [0.2, 0.25) is 5.91 Å². The number of hydrogen-bond donors (Lipinski definition) is 2. The highest BCUT2D eigenvalue weighted by Crippen LogP contribution is 2.16. The lowest BCUT2D eigenvalue weighted by Crippen LogP contribution is -2.27. The molecule has 1 aromatic heterocycles. The molecule has 0 fully saturated rings. The van der Waals surface area contributed by atoms with Crippen molar-refractivity contribution in [2.24, 2.45) is 0 Å². The van der Waals surface area contributed by atoms with Crippen LogP contribution in [0.2, 0.25) is 0 Å². The molecule has 1 aromatic carbocycles. The number of rotatable bonds is 5. The third kappa shape index (κ3) is 5.03. The average molecular weight is 332 g/mol. The summed E-state index contributed by atoms with van der Waals surface area (Å²) in [6, 6.07) is 6.82. The molecule has 8 heteroatoms. The lowest BCUT2D eigenvalue weighted by molar-refractivity contribution is -0.176. The van der Waals surface area contributed by atoms with Gasteiger partial charge in [0.25, 0.3) is 0 Å². The second kappa shape index (κ2) is 8.02. The quantitative estimate of drug-likeness (QED) is 0.825. The molecule has 24 heavy (non-hydrogen) atoms. The highest BCUT2D eigenvalue weighted by atomic mass is 19.1. The summed E-state index contributed by atoms with van der Waals surface area (Å²) in [4.78, 5) is 32.1. The number of pyridine rings is 1. The normalized spacial score (nSPS) is 10.1. The summed E-state index contributed by atoms with van der Waals surface area (Å²) in [7, 11) is 1.35. The first-order chi connectivity index (χ1) is 11.5. The van der Waals surface area contributed by atoms with Crippen LogP contribution in [-0.4, -0.2) is 29.1 Å². The number of carbonyl (C=O) groups excluding carboxylic acids is 2. The molecule has 7 nitrogen and oxygen atoms in total. The van der Waals surface area contributed by atoms with E-state index in [-0.39, 0.29) is 18.1 Å². The van der Waals surface area contributed by atoms with Gasteiger partial charge in [-0.15, -0.1) is 0 Å². The van der Waals surface area contributed by atoms with Crippen molar-refractivity contribution in [1.82, 2.24) is 10.0 Å². The third-order valence-corrected chi connectivity index (χ3v) is 3.03. The molecule has 0 spiro atoms. The number of aromatic nitrogens is 1. The van der Waals surface area contributed by atoms with Gasteiger partial charge >= 0.3 is 6.03 Å². The second-order valence-electron chi connectivity index (χ2n) is 4.91. The number of hydroxylamine groups is 2. The van der Waals surface area contributed by atoms with E-state index in [4.69, 9.17) is 4.84 Å². The molecule has 2 rings (SSSR count). The van der Waals surface area contributed by atoms with Gasteiger partial charge < -0.3 is 10.6 Å². The van der Waals surface area contributed by atoms with E-state index in [0.29, 0.717) is 11.3 Å². The number of nitrogens with zero attached hydrogens (tertiary/aromatic N) is 2. The van der Waals surface area contributed by atoms with E-state index in [0.717, 1.165) is 5.06 Å². The van der Waals surface area contributed by atoms with Crippen LogP contribution < -0.4 is 10.6 Å². The predicted molar refractivity (Wildman–Crippen MR) is 86.5 cm³/mol. The maximum absolute atomic E-state index is 13.7. The molecule has 1 heterocycles. The molecule has 0 aliphatic heterocycles. The molecule has 0 saturated carbocycles. The Labute approximate surface area is 138 Å². The minimum atomic E-state index is -0.538. The van der Waals surface area contributed by atoms with Gasteiger partial charge in [0, 0.05) is 18.8 Å². The summed E-state index contributed by atoms with van der Waals surface area (Å²) in [6.45, 7) is 1.39. The number of anilines is 2. The van der Waals surface area contributed by atoms with Crippen molar-refractivity contribution < 1.29 is 18.8 Å². The van der Waals surface area contributed by atoms with E-state index in [1.165, 1.54) is 32.4 Å². The van der Waals surface area contributed by atoms with Gasteiger partial charge in [-0.1, -0.05) is 0 Å². The van der Waals surface area contributed by atoms with Crippen LogP contribution in [0.15, 0.2) is 42.7 Å². The Bertz CT molecular complexity index is 725. The largest absolute Gasteiger partial charge is 0.323 e. The van der Waals surface area contributed by atoms with Crippen molar-refractivity contribution in [3.05, 3.63) is 54.1 Å². The zero-order valence-corrected chi connectivity index (χ0v) is 13.2. The van der Waals surface area contributed by atoms with Crippen molar-refractivity contribution in [2.75, 3.05) is 17.7 Å². The molecule has 0 saturated heterocycles. The van der Waals surface area contributed by atoms with Crippen molar-refractivity contribution in [2.45, 2.75) is 13.5 Å². The van der Waals surface area contributed by atoms with Gasteiger partial charge in [0.15, 0.2) is 0 Å². The third-order valence-electron chi connectivity index (χ3n) is 3.03. The number of carbonyl (C=O) groups is 2. The topological polar surface area (TPSA) is 83.6 Å². The van der Waals surface area contributed by atoms with Crippen LogP contribution in [0.5, 0.6) is 0 Å². The Morgan fingerprint density at radius 1 is 1.25 bits per heavy atom. The molecular formula is C16H17FN4O3. The molecule has 3 amide bonds. The average Bonchev–Trinajstić information content (AvgIpc) is 2.52. The number of benzene rings is 1. The molecule has 126 valence electrons. The summed E-state index contributed by atoms with van der Waals surface area (Å²) in [5.41, 5.74) is 1.24. The first-order valence-electron chi connectivity index (χ1n) is 7.07. The van der Waals surface area contributed by atoms with Gasteiger partial charge in [0.1, 0.15) is 5.82 Å². The van der Waals surface area contributed by atoms with E-state index in [1.54, 1.807) is 24.4 Å². The molecule has 2 N–H and O–H groups in total. The van der Waals surface area contributed by atoms with Gasteiger partial charge in [-0.3, -0.25) is 14.6 Å². The minimum absolute atomic E-state index is 0.0580. The fourth-order valence-electron chi connectivity index (χ4n) is 2.01. The van der Waals surface area contributed by atoms with E-state index in [9.17, 15) is 14.0 Å². The molecule has 0 aliphatic rings. The van der Waals surface area contributed by atoms with E-state index < -0.39 is 11.8 Å². The zero-order chi connectivity index (χ0) is 17.5. The molecule has 0 bridgehead atoms. The lowest BCUT2D eigenvalue weighted by Gasteiger charge is -2.18. The maximum Gasteiger partial charge on any atom is 0.323 e. The Kier molecular flexibility index (Phi) is 5.80. The van der Waals surface area contributed by atoms with Crippen LogP contribution in [0.1, 0.15) is 12.5 Å². The summed E-state index contributed by atoms with van der Waals surface area (Å²) in [5.74, 6) is -0.852. The highest BCUT2D eigenvalue weighted by Gasteiger charge is 2.11. The summed E-state index contributed by atoms with van der Waals surface area (Å²) < 4.78 is 13.7. The SMILES string of the molecule is CON(Cc1cc(F)cc(NC(=O)Nc2cccnc2)c1)C(C)=O. The molecule has 0 atom stereocenters. The number of urea groups is 1. The molecular weight excluding hydrogens is 315 g/mol. The van der Waals surface area contributed by atoms with Gasteiger partial charge in [-0.2, -0.15) is 0 Å². The smallest absolute Gasteiger partial charge is 0.308 e. The fourth-order valence-corrected chi connectivity index (χ4v) is 2.01. The summed E-state index contributed by atoms with van der Waals surface area (Å²) in [5, 5.41) is 6.18. The van der Waals surface area contributed by atoms with Crippen LogP contribution >= 0.6 is 0 Å². The van der Waals surface area contributed by atoms with Gasteiger partial charge in [0.05, 0.1) is 25.5 Å².